The number of rotatable bonds is 4. The molecule has 0 saturated carbocycles. The van der Waals surface area contributed by atoms with Crippen molar-refractivity contribution in [3.05, 3.63) is 34.9 Å². The minimum atomic E-state index is 0.0739. The Balaban J connectivity index is 2.56. The van der Waals surface area contributed by atoms with Gasteiger partial charge >= 0.3 is 0 Å². The average Bonchev–Trinajstić information content (AvgIpc) is 2.85. The second-order valence-electron chi connectivity index (χ2n) is 5.00. The molecule has 0 fully saturated rings. The molecule has 0 radical (unpaired) electrons. The molecule has 0 aromatic carbocycles. The van der Waals surface area contributed by atoms with E-state index in [0.29, 0.717) is 13.1 Å². The zero-order valence-corrected chi connectivity index (χ0v) is 12.8. The van der Waals surface area contributed by atoms with Crippen molar-refractivity contribution in [2.75, 3.05) is 13.6 Å². The van der Waals surface area contributed by atoms with Gasteiger partial charge in [0.1, 0.15) is 5.69 Å². The smallest absolute Gasteiger partial charge is 0.270 e. The molecule has 0 spiro atoms. The number of aryl methyl sites for hydroxylation is 1. The molecule has 0 N–H and O–H groups in total. The Morgan fingerprint density at radius 2 is 2.16 bits per heavy atom. The third-order valence-corrected chi connectivity index (χ3v) is 4.17. The van der Waals surface area contributed by atoms with Crippen LogP contribution in [0.3, 0.4) is 0 Å². The fourth-order valence-corrected chi connectivity index (χ4v) is 3.08. The second-order valence-corrected chi connectivity index (χ2v) is 6.29. The van der Waals surface area contributed by atoms with Crippen LogP contribution in [0.5, 0.6) is 0 Å². The number of hydrogen-bond acceptors (Lipinski definition) is 2. The first-order valence-corrected chi connectivity index (χ1v) is 7.25. The van der Waals surface area contributed by atoms with E-state index in [9.17, 15) is 4.79 Å². The van der Waals surface area contributed by atoms with Gasteiger partial charge in [0.05, 0.1) is 10.2 Å². The molecule has 0 aliphatic carbocycles. The summed E-state index contributed by atoms with van der Waals surface area (Å²) in [5.41, 5.74) is 2.95. The SMILES string of the molecule is C=C(C)Cn1c(C(=O)N(C)CC)cc2sc(C)cc21. The minimum absolute atomic E-state index is 0.0739. The maximum atomic E-state index is 12.4. The van der Waals surface area contributed by atoms with Crippen LogP contribution in [0, 0.1) is 6.92 Å². The highest BCUT2D eigenvalue weighted by Crippen LogP contribution is 2.29. The van der Waals surface area contributed by atoms with Crippen molar-refractivity contribution < 1.29 is 4.79 Å². The number of amides is 1. The van der Waals surface area contributed by atoms with E-state index in [1.54, 1.807) is 16.2 Å². The van der Waals surface area contributed by atoms with Gasteiger partial charge in [-0.15, -0.1) is 11.3 Å². The molecular weight excluding hydrogens is 256 g/mol. The van der Waals surface area contributed by atoms with E-state index < -0.39 is 0 Å². The van der Waals surface area contributed by atoms with Crippen molar-refractivity contribution in [1.29, 1.82) is 0 Å². The molecule has 0 aliphatic heterocycles. The molecule has 0 unspecified atom stereocenters. The third-order valence-electron chi connectivity index (χ3n) is 3.18. The van der Waals surface area contributed by atoms with Gasteiger partial charge in [0.15, 0.2) is 0 Å². The first-order chi connectivity index (χ1) is 8.93. The molecule has 1 amide bonds. The van der Waals surface area contributed by atoms with Crippen molar-refractivity contribution in [1.82, 2.24) is 9.47 Å². The summed E-state index contributed by atoms with van der Waals surface area (Å²) in [5, 5.41) is 0. The molecule has 0 atom stereocenters. The number of carbonyl (C=O) groups excluding carboxylic acids is 1. The van der Waals surface area contributed by atoms with Crippen molar-refractivity contribution in [3.63, 3.8) is 0 Å². The molecule has 2 rings (SSSR count). The monoisotopic (exact) mass is 276 g/mol. The van der Waals surface area contributed by atoms with E-state index in [-0.39, 0.29) is 5.91 Å². The van der Waals surface area contributed by atoms with E-state index in [1.165, 1.54) is 9.58 Å². The topological polar surface area (TPSA) is 25.2 Å². The Morgan fingerprint density at radius 3 is 2.74 bits per heavy atom. The Labute approximate surface area is 118 Å². The molecule has 0 saturated heterocycles. The van der Waals surface area contributed by atoms with Gasteiger partial charge in [-0.2, -0.15) is 0 Å². The number of thiophene rings is 1. The standard InChI is InChI=1S/C15H20N2OS/c1-6-16(5)15(18)13-8-14-12(7-11(4)19-14)17(13)9-10(2)3/h7-8H,2,6,9H2,1,3-5H3. The summed E-state index contributed by atoms with van der Waals surface area (Å²) in [6.45, 7) is 11.4. The highest BCUT2D eigenvalue weighted by Gasteiger charge is 2.19. The summed E-state index contributed by atoms with van der Waals surface area (Å²) in [4.78, 5) is 15.4. The molecule has 2 aromatic heterocycles. The number of nitrogens with zero attached hydrogens (tertiary/aromatic N) is 2. The van der Waals surface area contributed by atoms with Crippen LogP contribution in [0.4, 0.5) is 0 Å². The molecule has 102 valence electrons. The maximum Gasteiger partial charge on any atom is 0.270 e. The van der Waals surface area contributed by atoms with Crippen LogP contribution in [-0.2, 0) is 6.54 Å². The zero-order valence-electron chi connectivity index (χ0n) is 12.0. The maximum absolute atomic E-state index is 12.4. The molecule has 19 heavy (non-hydrogen) atoms. The minimum Gasteiger partial charge on any atom is -0.341 e. The van der Waals surface area contributed by atoms with Gasteiger partial charge in [-0.05, 0) is 32.9 Å². The Hall–Kier alpha value is -1.55. The number of allylic oxidation sites excluding steroid dienone is 1. The highest BCUT2D eigenvalue weighted by molar-refractivity contribution is 7.19. The molecule has 3 nitrogen and oxygen atoms in total. The first-order valence-electron chi connectivity index (χ1n) is 6.43. The van der Waals surface area contributed by atoms with E-state index in [4.69, 9.17) is 0 Å². The molecule has 2 heterocycles. The van der Waals surface area contributed by atoms with Gasteiger partial charge < -0.3 is 9.47 Å². The third kappa shape index (κ3) is 2.59. The van der Waals surface area contributed by atoms with E-state index in [2.05, 4.69) is 24.1 Å². The van der Waals surface area contributed by atoms with E-state index in [0.717, 1.165) is 16.8 Å². The normalized spacial score (nSPS) is 10.9. The quantitative estimate of drug-likeness (QED) is 0.782. The lowest BCUT2D eigenvalue weighted by atomic mass is 10.3. The average molecular weight is 276 g/mol. The predicted octanol–water partition coefficient (Wildman–Crippen LogP) is 3.68. The lowest BCUT2D eigenvalue weighted by molar-refractivity contribution is 0.0793. The number of aromatic nitrogens is 1. The van der Waals surface area contributed by atoms with Crippen molar-refractivity contribution in [3.8, 4) is 0 Å². The largest absolute Gasteiger partial charge is 0.341 e. The van der Waals surface area contributed by atoms with Crippen LogP contribution in [0.1, 0.15) is 29.2 Å². The number of fused-ring (bicyclic) bond motifs is 1. The summed E-state index contributed by atoms with van der Waals surface area (Å²) < 4.78 is 3.25. The van der Waals surface area contributed by atoms with Crippen LogP contribution >= 0.6 is 11.3 Å². The number of carbonyl (C=O) groups is 1. The summed E-state index contributed by atoms with van der Waals surface area (Å²) in [6, 6.07) is 4.15. The fourth-order valence-electron chi connectivity index (χ4n) is 2.12. The van der Waals surface area contributed by atoms with Gasteiger partial charge in [0.25, 0.3) is 5.91 Å². The lowest BCUT2D eigenvalue weighted by Crippen LogP contribution is -2.28. The van der Waals surface area contributed by atoms with Gasteiger partial charge in [0.2, 0.25) is 0 Å². The Kier molecular flexibility index (Phi) is 3.80. The predicted molar refractivity (Wildman–Crippen MR) is 82.0 cm³/mol. The summed E-state index contributed by atoms with van der Waals surface area (Å²) in [5.74, 6) is 0.0739. The second kappa shape index (κ2) is 5.21. The summed E-state index contributed by atoms with van der Waals surface area (Å²) in [6.07, 6.45) is 0. The Bertz CT molecular complexity index is 636. The number of hydrogen-bond donors (Lipinski definition) is 0. The van der Waals surface area contributed by atoms with Crippen molar-refractivity contribution in [2.45, 2.75) is 27.3 Å². The fraction of sp³-hybridized carbons (Fsp3) is 0.400. The van der Waals surface area contributed by atoms with E-state index in [1.807, 2.05) is 27.0 Å². The molecular formula is C15H20N2OS. The zero-order chi connectivity index (χ0) is 14.2. The van der Waals surface area contributed by atoms with Crippen molar-refractivity contribution >= 4 is 27.5 Å². The van der Waals surface area contributed by atoms with Crippen LogP contribution in [0.25, 0.3) is 10.2 Å². The lowest BCUT2D eigenvalue weighted by Gasteiger charge is -2.16. The van der Waals surface area contributed by atoms with Gasteiger partial charge in [-0.3, -0.25) is 4.79 Å². The first kappa shape index (κ1) is 13.9. The van der Waals surface area contributed by atoms with Crippen LogP contribution in [0.2, 0.25) is 0 Å². The van der Waals surface area contributed by atoms with Crippen LogP contribution in [0.15, 0.2) is 24.3 Å². The van der Waals surface area contributed by atoms with Gasteiger partial charge in [-0.1, -0.05) is 12.2 Å². The highest BCUT2D eigenvalue weighted by atomic mass is 32.1. The molecule has 4 heteroatoms. The summed E-state index contributed by atoms with van der Waals surface area (Å²) in [7, 11) is 1.83. The Morgan fingerprint density at radius 1 is 1.47 bits per heavy atom. The van der Waals surface area contributed by atoms with Crippen LogP contribution < -0.4 is 0 Å². The summed E-state index contributed by atoms with van der Waals surface area (Å²) >= 11 is 1.73. The molecule has 0 aliphatic rings. The van der Waals surface area contributed by atoms with Crippen molar-refractivity contribution in [2.24, 2.45) is 0 Å². The molecule has 0 bridgehead atoms. The van der Waals surface area contributed by atoms with Gasteiger partial charge in [0, 0.05) is 25.0 Å². The van der Waals surface area contributed by atoms with Crippen LogP contribution in [-0.4, -0.2) is 29.0 Å². The van der Waals surface area contributed by atoms with Gasteiger partial charge in [-0.25, -0.2) is 0 Å². The molecule has 2 aromatic rings. The van der Waals surface area contributed by atoms with E-state index >= 15 is 0 Å².